The van der Waals surface area contributed by atoms with E-state index in [1.165, 1.54) is 48.6 Å². The number of benzene rings is 3. The third kappa shape index (κ3) is 7.75. The molecule has 0 saturated carbocycles. The van der Waals surface area contributed by atoms with Gasteiger partial charge in [0.05, 0.1) is 14.7 Å². The van der Waals surface area contributed by atoms with Gasteiger partial charge in [0.2, 0.25) is 15.9 Å². The van der Waals surface area contributed by atoms with Crippen molar-refractivity contribution in [1.29, 1.82) is 0 Å². The standard InChI is InChI=1S/C28H27N5O7S2/c1-17(34)30-20-9-14-23(25(15-20)42(38,39)32-28(2,3)4)24-16-29-26(41-24)18-5-7-19(8-6-18)31-27(35)40-22-12-10-21(11-13-22)33(36)37/h5-16,32H,1-4H3,(H,30,34)(H,31,35). The van der Waals surface area contributed by atoms with Crippen LogP contribution in [0.3, 0.4) is 0 Å². The number of anilines is 2. The van der Waals surface area contributed by atoms with E-state index in [2.05, 4.69) is 20.3 Å². The fourth-order valence-electron chi connectivity index (χ4n) is 3.80. The lowest BCUT2D eigenvalue weighted by Gasteiger charge is -2.22. The van der Waals surface area contributed by atoms with Gasteiger partial charge in [-0.3, -0.25) is 20.2 Å². The Morgan fingerprint density at radius 3 is 2.19 bits per heavy atom. The number of hydrogen-bond donors (Lipinski definition) is 3. The first-order valence-corrected chi connectivity index (χ1v) is 14.8. The highest BCUT2D eigenvalue weighted by Crippen LogP contribution is 2.37. The molecule has 0 saturated heterocycles. The van der Waals surface area contributed by atoms with Crippen LogP contribution in [0.4, 0.5) is 21.9 Å². The molecule has 0 atom stereocenters. The number of sulfonamides is 1. The van der Waals surface area contributed by atoms with E-state index < -0.39 is 26.6 Å². The Morgan fingerprint density at radius 1 is 0.952 bits per heavy atom. The Balaban J connectivity index is 1.53. The number of aromatic nitrogens is 1. The third-order valence-corrected chi connectivity index (χ3v) is 8.32. The van der Waals surface area contributed by atoms with Gasteiger partial charge < -0.3 is 10.1 Å². The first-order chi connectivity index (χ1) is 19.7. The van der Waals surface area contributed by atoms with Crippen LogP contribution in [-0.2, 0) is 14.8 Å². The molecule has 218 valence electrons. The highest BCUT2D eigenvalue weighted by atomic mass is 32.2. The molecule has 12 nitrogen and oxygen atoms in total. The van der Waals surface area contributed by atoms with Crippen molar-refractivity contribution in [2.75, 3.05) is 10.6 Å². The predicted molar refractivity (Wildman–Crippen MR) is 160 cm³/mol. The lowest BCUT2D eigenvalue weighted by molar-refractivity contribution is -0.384. The number of nitrogens with zero attached hydrogens (tertiary/aromatic N) is 2. The van der Waals surface area contributed by atoms with Crippen molar-refractivity contribution in [1.82, 2.24) is 9.71 Å². The van der Waals surface area contributed by atoms with Gasteiger partial charge in [0.1, 0.15) is 10.8 Å². The van der Waals surface area contributed by atoms with E-state index in [4.69, 9.17) is 4.74 Å². The first-order valence-electron chi connectivity index (χ1n) is 12.5. The average molecular weight is 610 g/mol. The van der Waals surface area contributed by atoms with Gasteiger partial charge in [-0.2, -0.15) is 0 Å². The second kappa shape index (κ2) is 12.1. The van der Waals surface area contributed by atoms with Gasteiger partial charge in [-0.1, -0.05) is 6.07 Å². The molecule has 14 heteroatoms. The quantitative estimate of drug-likeness (QED) is 0.161. The van der Waals surface area contributed by atoms with Crippen molar-refractivity contribution in [2.45, 2.75) is 38.1 Å². The molecule has 4 aromatic rings. The minimum absolute atomic E-state index is 0.00459. The molecule has 3 aromatic carbocycles. The monoisotopic (exact) mass is 609 g/mol. The zero-order valence-electron chi connectivity index (χ0n) is 23.0. The summed E-state index contributed by atoms with van der Waals surface area (Å²) in [7, 11) is -3.96. The maximum Gasteiger partial charge on any atom is 0.417 e. The molecule has 3 N–H and O–H groups in total. The summed E-state index contributed by atoms with van der Waals surface area (Å²) in [6.45, 7) is 6.55. The lowest BCUT2D eigenvalue weighted by atomic mass is 10.1. The van der Waals surface area contributed by atoms with Crippen LogP contribution in [0, 0.1) is 10.1 Å². The molecule has 0 aliphatic carbocycles. The zero-order chi connectivity index (χ0) is 30.7. The number of hydrogen-bond acceptors (Lipinski definition) is 9. The number of carbonyl (C=O) groups excluding carboxylic acids is 2. The summed E-state index contributed by atoms with van der Waals surface area (Å²) in [5.74, 6) is -0.179. The Labute approximate surface area is 246 Å². The average Bonchev–Trinajstić information content (AvgIpc) is 3.38. The number of thiazole rings is 1. The Kier molecular flexibility index (Phi) is 8.70. The van der Waals surface area contributed by atoms with E-state index in [1.54, 1.807) is 63.4 Å². The summed E-state index contributed by atoms with van der Waals surface area (Å²) in [6, 6.07) is 16.6. The van der Waals surface area contributed by atoms with E-state index in [0.717, 1.165) is 5.56 Å². The van der Waals surface area contributed by atoms with Gasteiger partial charge >= 0.3 is 6.09 Å². The fraction of sp³-hybridized carbons (Fsp3) is 0.179. The van der Waals surface area contributed by atoms with Crippen molar-refractivity contribution in [3.8, 4) is 26.8 Å². The first kappa shape index (κ1) is 30.3. The van der Waals surface area contributed by atoms with Gasteiger partial charge in [-0.05, 0) is 69.3 Å². The van der Waals surface area contributed by atoms with Gasteiger partial charge in [0.25, 0.3) is 5.69 Å². The smallest absolute Gasteiger partial charge is 0.410 e. The molecule has 0 radical (unpaired) electrons. The summed E-state index contributed by atoms with van der Waals surface area (Å²) in [5, 5.41) is 16.6. The number of nitro groups is 1. The molecule has 0 aliphatic heterocycles. The molecule has 0 bridgehead atoms. The van der Waals surface area contributed by atoms with E-state index in [9.17, 15) is 28.1 Å². The summed E-state index contributed by atoms with van der Waals surface area (Å²) in [4.78, 5) is 39.1. The summed E-state index contributed by atoms with van der Waals surface area (Å²) in [5.41, 5.74) is 1.09. The van der Waals surface area contributed by atoms with Crippen LogP contribution in [0.15, 0.2) is 77.8 Å². The molecule has 0 unspecified atom stereocenters. The van der Waals surface area contributed by atoms with Gasteiger partial charge in [0, 0.05) is 53.3 Å². The Morgan fingerprint density at radius 2 is 1.60 bits per heavy atom. The van der Waals surface area contributed by atoms with Gasteiger partial charge in [0.15, 0.2) is 0 Å². The van der Waals surface area contributed by atoms with E-state index in [-0.39, 0.29) is 22.2 Å². The zero-order valence-corrected chi connectivity index (χ0v) is 24.6. The third-order valence-electron chi connectivity index (χ3n) is 5.44. The van der Waals surface area contributed by atoms with Crippen molar-refractivity contribution in [2.24, 2.45) is 0 Å². The highest BCUT2D eigenvalue weighted by molar-refractivity contribution is 7.89. The number of nitrogens with one attached hydrogen (secondary N) is 3. The topological polar surface area (TPSA) is 170 Å². The SMILES string of the molecule is CC(=O)Nc1ccc(-c2cnc(-c3ccc(NC(=O)Oc4ccc([N+](=O)[O-])cc4)cc3)s2)c(S(=O)(=O)NC(C)(C)C)c1. The van der Waals surface area contributed by atoms with Crippen LogP contribution in [0.1, 0.15) is 27.7 Å². The van der Waals surface area contributed by atoms with E-state index >= 15 is 0 Å². The summed E-state index contributed by atoms with van der Waals surface area (Å²) < 4.78 is 34.5. The van der Waals surface area contributed by atoms with Crippen LogP contribution < -0.4 is 20.1 Å². The van der Waals surface area contributed by atoms with Crippen molar-refractivity contribution < 1.29 is 27.7 Å². The number of ether oxygens (including phenoxy) is 1. The van der Waals surface area contributed by atoms with E-state index in [1.807, 2.05) is 0 Å². The lowest BCUT2D eigenvalue weighted by Crippen LogP contribution is -2.40. The van der Waals surface area contributed by atoms with Crippen LogP contribution in [0.5, 0.6) is 5.75 Å². The number of rotatable bonds is 8. The van der Waals surface area contributed by atoms with Gasteiger partial charge in [-0.25, -0.2) is 22.9 Å². The maximum absolute atomic E-state index is 13.3. The Hall–Kier alpha value is -4.66. The summed E-state index contributed by atoms with van der Waals surface area (Å²) in [6.07, 6.45) is 0.811. The largest absolute Gasteiger partial charge is 0.417 e. The Bertz CT molecular complexity index is 1740. The number of nitro benzene ring substituents is 1. The fourth-order valence-corrected chi connectivity index (χ4v) is 6.49. The molecular formula is C28H27N5O7S2. The van der Waals surface area contributed by atoms with Crippen molar-refractivity contribution in [3.05, 3.63) is 83.0 Å². The van der Waals surface area contributed by atoms with Crippen LogP contribution in [0.2, 0.25) is 0 Å². The highest BCUT2D eigenvalue weighted by Gasteiger charge is 2.26. The summed E-state index contributed by atoms with van der Waals surface area (Å²) >= 11 is 1.28. The number of amides is 2. The molecule has 1 aromatic heterocycles. The normalized spacial score (nSPS) is 11.5. The second-order valence-corrected chi connectivity index (χ2v) is 12.8. The minimum Gasteiger partial charge on any atom is -0.410 e. The molecule has 1 heterocycles. The number of non-ortho nitro benzene ring substituents is 1. The minimum atomic E-state index is -3.96. The predicted octanol–water partition coefficient (Wildman–Crippen LogP) is 6.03. The van der Waals surface area contributed by atoms with Crippen molar-refractivity contribution in [3.63, 3.8) is 0 Å². The molecule has 0 spiro atoms. The van der Waals surface area contributed by atoms with Crippen molar-refractivity contribution >= 4 is 50.4 Å². The molecule has 0 aliphatic rings. The second-order valence-electron chi connectivity index (χ2n) is 10.1. The number of carbonyl (C=O) groups is 2. The molecule has 0 fully saturated rings. The maximum atomic E-state index is 13.3. The van der Waals surface area contributed by atoms with Crippen LogP contribution >= 0.6 is 11.3 Å². The molecule has 42 heavy (non-hydrogen) atoms. The molecule has 4 rings (SSSR count). The van der Waals surface area contributed by atoms with E-state index in [0.29, 0.717) is 26.8 Å². The molecule has 2 amide bonds. The van der Waals surface area contributed by atoms with Crippen LogP contribution in [0.25, 0.3) is 21.0 Å². The van der Waals surface area contributed by atoms with Gasteiger partial charge in [-0.15, -0.1) is 11.3 Å². The molecular weight excluding hydrogens is 582 g/mol. The van der Waals surface area contributed by atoms with Crippen LogP contribution in [-0.4, -0.2) is 35.9 Å².